The molecule has 0 spiro atoms. The molecule has 112 valence electrons. The molecule has 0 saturated heterocycles. The first-order valence-electron chi connectivity index (χ1n) is 7.19. The van der Waals surface area contributed by atoms with Gasteiger partial charge in [0.15, 0.2) is 0 Å². The average molecular weight is 287 g/mol. The van der Waals surface area contributed by atoms with Crippen LogP contribution in [0.3, 0.4) is 0 Å². The van der Waals surface area contributed by atoms with Crippen LogP contribution in [0.1, 0.15) is 22.3 Å². The van der Waals surface area contributed by atoms with Gasteiger partial charge in [-0.1, -0.05) is 18.2 Å². The largest absolute Gasteiger partial charge is 0.496 e. The van der Waals surface area contributed by atoms with Crippen LogP contribution in [0.4, 0.5) is 4.39 Å². The van der Waals surface area contributed by atoms with Gasteiger partial charge in [-0.25, -0.2) is 4.39 Å². The molecule has 0 atom stereocenters. The minimum Gasteiger partial charge on any atom is -0.496 e. The topological polar surface area (TPSA) is 21.3 Å². The summed E-state index contributed by atoms with van der Waals surface area (Å²) in [5, 5.41) is 3.41. The van der Waals surface area contributed by atoms with E-state index in [1.807, 2.05) is 6.07 Å². The van der Waals surface area contributed by atoms with E-state index in [1.165, 1.54) is 17.2 Å². The Morgan fingerprint density at radius 2 is 1.90 bits per heavy atom. The number of aryl methyl sites for hydroxylation is 2. The van der Waals surface area contributed by atoms with Gasteiger partial charge in [-0.05, 0) is 67.3 Å². The van der Waals surface area contributed by atoms with Crippen molar-refractivity contribution in [2.24, 2.45) is 0 Å². The normalized spacial score (nSPS) is 10.7. The minimum absolute atomic E-state index is 0.172. The van der Waals surface area contributed by atoms with Crippen molar-refractivity contribution in [1.82, 2.24) is 5.32 Å². The van der Waals surface area contributed by atoms with Crippen molar-refractivity contribution in [2.45, 2.75) is 26.8 Å². The van der Waals surface area contributed by atoms with Gasteiger partial charge in [0, 0.05) is 6.54 Å². The Hall–Kier alpha value is -1.87. The van der Waals surface area contributed by atoms with E-state index in [9.17, 15) is 4.39 Å². The summed E-state index contributed by atoms with van der Waals surface area (Å²) in [7, 11) is 1.69. The Bertz CT molecular complexity index is 610. The first-order valence-corrected chi connectivity index (χ1v) is 7.19. The van der Waals surface area contributed by atoms with Gasteiger partial charge in [-0.3, -0.25) is 0 Å². The van der Waals surface area contributed by atoms with Gasteiger partial charge >= 0.3 is 0 Å². The lowest BCUT2D eigenvalue weighted by Crippen LogP contribution is -2.17. The highest BCUT2D eigenvalue weighted by molar-refractivity contribution is 5.41. The number of hydrogen-bond acceptors (Lipinski definition) is 2. The second-order valence-corrected chi connectivity index (χ2v) is 5.31. The number of ether oxygens (including phenoxy) is 1. The maximum absolute atomic E-state index is 13.1. The van der Waals surface area contributed by atoms with Crippen molar-refractivity contribution < 1.29 is 9.13 Å². The summed E-state index contributed by atoms with van der Waals surface area (Å²) in [5.41, 5.74) is 4.65. The Morgan fingerprint density at radius 1 is 1.10 bits per heavy atom. The van der Waals surface area contributed by atoms with Crippen LogP contribution in [0.5, 0.6) is 5.75 Å². The van der Waals surface area contributed by atoms with Gasteiger partial charge < -0.3 is 10.1 Å². The molecule has 0 aliphatic carbocycles. The van der Waals surface area contributed by atoms with Gasteiger partial charge in [-0.15, -0.1) is 0 Å². The van der Waals surface area contributed by atoms with Crippen molar-refractivity contribution in [3.05, 3.63) is 64.5 Å². The monoisotopic (exact) mass is 287 g/mol. The smallest absolute Gasteiger partial charge is 0.123 e. The second kappa shape index (κ2) is 7.23. The lowest BCUT2D eigenvalue weighted by atomic mass is 10.0. The van der Waals surface area contributed by atoms with E-state index >= 15 is 0 Å². The van der Waals surface area contributed by atoms with Crippen molar-refractivity contribution in [3.63, 3.8) is 0 Å². The predicted molar refractivity (Wildman–Crippen MR) is 84.3 cm³/mol. The number of methoxy groups -OCH3 is 1. The van der Waals surface area contributed by atoms with Gasteiger partial charge in [0.05, 0.1) is 7.11 Å². The molecule has 0 aliphatic rings. The number of benzene rings is 2. The maximum Gasteiger partial charge on any atom is 0.123 e. The summed E-state index contributed by atoms with van der Waals surface area (Å²) in [6, 6.07) is 11.0. The number of hydrogen-bond donors (Lipinski definition) is 1. The van der Waals surface area contributed by atoms with Crippen LogP contribution < -0.4 is 10.1 Å². The van der Waals surface area contributed by atoms with Crippen LogP contribution in [0, 0.1) is 19.7 Å². The molecule has 0 bridgehead atoms. The Morgan fingerprint density at radius 3 is 2.62 bits per heavy atom. The fraction of sp³-hybridized carbons (Fsp3) is 0.333. The van der Waals surface area contributed by atoms with E-state index in [1.54, 1.807) is 19.2 Å². The molecule has 21 heavy (non-hydrogen) atoms. The molecule has 2 aromatic carbocycles. The fourth-order valence-corrected chi connectivity index (χ4v) is 2.41. The maximum atomic E-state index is 13.1. The van der Waals surface area contributed by atoms with Crippen molar-refractivity contribution in [2.75, 3.05) is 13.7 Å². The zero-order valence-electron chi connectivity index (χ0n) is 12.9. The van der Waals surface area contributed by atoms with E-state index in [4.69, 9.17) is 4.74 Å². The molecular weight excluding hydrogens is 265 g/mol. The Labute approximate surface area is 126 Å². The summed E-state index contributed by atoms with van der Waals surface area (Å²) in [6.07, 6.45) is 0.825. The van der Waals surface area contributed by atoms with Crippen molar-refractivity contribution >= 4 is 0 Å². The van der Waals surface area contributed by atoms with Crippen LogP contribution >= 0.6 is 0 Å². The third kappa shape index (κ3) is 4.30. The summed E-state index contributed by atoms with van der Waals surface area (Å²) in [5.74, 6) is 0.755. The summed E-state index contributed by atoms with van der Waals surface area (Å²) in [6.45, 7) is 5.78. The van der Waals surface area contributed by atoms with Gasteiger partial charge in [0.2, 0.25) is 0 Å². The molecule has 0 radical (unpaired) electrons. The van der Waals surface area contributed by atoms with Crippen LogP contribution in [-0.2, 0) is 13.0 Å². The summed E-state index contributed by atoms with van der Waals surface area (Å²) in [4.78, 5) is 0. The standard InChI is InChI=1S/C18H22FNO/c1-13-10-18(21-3)14(2)9-16(13)12-20-8-7-15-5-4-6-17(19)11-15/h4-6,9-11,20H,7-8,12H2,1-3H3. The van der Waals surface area contributed by atoms with Crippen LogP contribution in [-0.4, -0.2) is 13.7 Å². The molecule has 2 aromatic rings. The quantitative estimate of drug-likeness (QED) is 0.816. The Kier molecular flexibility index (Phi) is 5.34. The summed E-state index contributed by atoms with van der Waals surface area (Å²) >= 11 is 0. The van der Waals surface area contributed by atoms with Crippen molar-refractivity contribution in [1.29, 1.82) is 0 Å². The van der Waals surface area contributed by atoms with Crippen LogP contribution in [0.25, 0.3) is 0 Å². The molecule has 1 N–H and O–H groups in total. The van der Waals surface area contributed by atoms with E-state index in [0.717, 1.165) is 36.4 Å². The molecular formula is C18H22FNO. The number of nitrogens with one attached hydrogen (secondary N) is 1. The third-order valence-corrected chi connectivity index (χ3v) is 3.65. The van der Waals surface area contributed by atoms with E-state index in [2.05, 4.69) is 31.3 Å². The summed E-state index contributed by atoms with van der Waals surface area (Å²) < 4.78 is 18.4. The molecule has 0 amide bonds. The van der Waals surface area contributed by atoms with E-state index < -0.39 is 0 Å². The molecule has 0 aliphatic heterocycles. The zero-order chi connectivity index (χ0) is 15.2. The Balaban J connectivity index is 1.88. The highest BCUT2D eigenvalue weighted by Gasteiger charge is 2.04. The first-order chi connectivity index (χ1) is 10.1. The molecule has 2 rings (SSSR count). The molecule has 0 heterocycles. The van der Waals surface area contributed by atoms with E-state index in [-0.39, 0.29) is 5.82 Å². The molecule has 3 heteroatoms. The lowest BCUT2D eigenvalue weighted by molar-refractivity contribution is 0.411. The average Bonchev–Trinajstić information content (AvgIpc) is 2.46. The van der Waals surface area contributed by atoms with Gasteiger partial charge in [0.1, 0.15) is 11.6 Å². The highest BCUT2D eigenvalue weighted by Crippen LogP contribution is 2.22. The molecule has 0 saturated carbocycles. The number of rotatable bonds is 6. The van der Waals surface area contributed by atoms with Gasteiger partial charge in [0.25, 0.3) is 0 Å². The van der Waals surface area contributed by atoms with Crippen LogP contribution in [0.15, 0.2) is 36.4 Å². The van der Waals surface area contributed by atoms with E-state index in [0.29, 0.717) is 0 Å². The number of halogens is 1. The van der Waals surface area contributed by atoms with Crippen LogP contribution in [0.2, 0.25) is 0 Å². The minimum atomic E-state index is -0.172. The highest BCUT2D eigenvalue weighted by atomic mass is 19.1. The second-order valence-electron chi connectivity index (χ2n) is 5.31. The lowest BCUT2D eigenvalue weighted by Gasteiger charge is -2.12. The van der Waals surface area contributed by atoms with Gasteiger partial charge in [-0.2, -0.15) is 0 Å². The fourth-order valence-electron chi connectivity index (χ4n) is 2.41. The third-order valence-electron chi connectivity index (χ3n) is 3.65. The first kappa shape index (κ1) is 15.5. The van der Waals surface area contributed by atoms with Crippen molar-refractivity contribution in [3.8, 4) is 5.75 Å². The zero-order valence-corrected chi connectivity index (χ0v) is 12.9. The molecule has 0 aromatic heterocycles. The molecule has 0 unspecified atom stereocenters. The molecule has 2 nitrogen and oxygen atoms in total. The molecule has 0 fully saturated rings. The SMILES string of the molecule is COc1cc(C)c(CNCCc2cccc(F)c2)cc1C. The predicted octanol–water partition coefficient (Wildman–Crippen LogP) is 3.78.